The maximum absolute atomic E-state index is 13.8. The number of amides is 1. The summed E-state index contributed by atoms with van der Waals surface area (Å²) in [4.78, 5) is 13.1. The number of hydrogen-bond donors (Lipinski definition) is 1. The van der Waals surface area contributed by atoms with Gasteiger partial charge >= 0.3 is 0 Å². The van der Waals surface area contributed by atoms with Gasteiger partial charge < -0.3 is 9.47 Å². The van der Waals surface area contributed by atoms with Crippen LogP contribution >= 0.6 is 0 Å². The number of rotatable bonds is 10. The molecule has 1 amide bonds. The Labute approximate surface area is 219 Å². The van der Waals surface area contributed by atoms with Crippen LogP contribution in [-0.4, -0.2) is 45.6 Å². The lowest BCUT2D eigenvalue weighted by Crippen LogP contribution is -2.39. The normalized spacial score (nSPS) is 11.6. The van der Waals surface area contributed by atoms with E-state index in [-0.39, 0.29) is 11.4 Å². The average molecular weight is 524 g/mol. The summed E-state index contributed by atoms with van der Waals surface area (Å²) in [7, 11) is -0.914. The van der Waals surface area contributed by atoms with Crippen molar-refractivity contribution >= 4 is 22.1 Å². The number of carbonyl (C=O) groups is 1. The zero-order valence-electron chi connectivity index (χ0n) is 22.0. The molecule has 37 heavy (non-hydrogen) atoms. The fraction of sp³-hybridized carbons (Fsp3) is 0.286. The highest BCUT2D eigenvalue weighted by atomic mass is 32.2. The molecule has 0 aliphatic heterocycles. The van der Waals surface area contributed by atoms with Crippen LogP contribution in [-0.2, 0) is 21.4 Å². The SMILES string of the molecule is COc1ccc(/C=N/NC(=O)CN(Cc2ccc(C)cc2)S(=O)(=O)c2c(C)cc(C)cc2C)cc1OC. The van der Waals surface area contributed by atoms with Gasteiger partial charge in [-0.25, -0.2) is 13.8 Å². The summed E-state index contributed by atoms with van der Waals surface area (Å²) < 4.78 is 39.3. The van der Waals surface area contributed by atoms with Gasteiger partial charge in [-0.3, -0.25) is 4.79 Å². The molecule has 0 saturated heterocycles. The first-order chi connectivity index (χ1) is 17.5. The summed E-state index contributed by atoms with van der Waals surface area (Å²) in [6.45, 7) is 7.06. The van der Waals surface area contributed by atoms with Crippen molar-refractivity contribution < 1.29 is 22.7 Å². The van der Waals surface area contributed by atoms with E-state index in [9.17, 15) is 13.2 Å². The highest BCUT2D eigenvalue weighted by molar-refractivity contribution is 7.89. The third kappa shape index (κ3) is 6.96. The number of ether oxygens (including phenoxy) is 2. The van der Waals surface area contributed by atoms with Crippen molar-refractivity contribution in [3.63, 3.8) is 0 Å². The van der Waals surface area contributed by atoms with E-state index in [1.54, 1.807) is 39.2 Å². The Morgan fingerprint density at radius 1 is 0.892 bits per heavy atom. The predicted octanol–water partition coefficient (Wildman–Crippen LogP) is 4.28. The minimum absolute atomic E-state index is 0.0438. The smallest absolute Gasteiger partial charge is 0.255 e. The van der Waals surface area contributed by atoms with Crippen molar-refractivity contribution in [1.82, 2.24) is 9.73 Å². The molecule has 3 rings (SSSR count). The predicted molar refractivity (Wildman–Crippen MR) is 145 cm³/mol. The molecule has 0 atom stereocenters. The van der Waals surface area contributed by atoms with Gasteiger partial charge in [0, 0.05) is 6.54 Å². The molecule has 196 valence electrons. The van der Waals surface area contributed by atoms with Crippen LogP contribution in [0.15, 0.2) is 64.6 Å². The summed E-state index contributed by atoms with van der Waals surface area (Å²) in [5.41, 5.74) is 7.20. The van der Waals surface area contributed by atoms with E-state index in [4.69, 9.17) is 9.47 Å². The molecule has 8 nitrogen and oxygen atoms in total. The van der Waals surface area contributed by atoms with E-state index in [2.05, 4.69) is 10.5 Å². The van der Waals surface area contributed by atoms with E-state index in [1.807, 2.05) is 50.2 Å². The Hall–Kier alpha value is -3.69. The number of hydrogen-bond acceptors (Lipinski definition) is 6. The molecular weight excluding hydrogens is 490 g/mol. The van der Waals surface area contributed by atoms with E-state index in [0.717, 1.165) is 16.7 Å². The van der Waals surface area contributed by atoms with Crippen LogP contribution in [0.4, 0.5) is 0 Å². The molecule has 9 heteroatoms. The summed E-state index contributed by atoms with van der Waals surface area (Å²) in [5.74, 6) is 0.536. The molecule has 0 unspecified atom stereocenters. The number of sulfonamides is 1. The van der Waals surface area contributed by atoms with Gasteiger partial charge in [-0.1, -0.05) is 47.5 Å². The average Bonchev–Trinajstić information content (AvgIpc) is 2.84. The molecule has 0 aliphatic carbocycles. The summed E-state index contributed by atoms with van der Waals surface area (Å²) in [6.07, 6.45) is 1.45. The summed E-state index contributed by atoms with van der Waals surface area (Å²) in [6, 6.07) is 16.4. The number of nitrogens with one attached hydrogen (secondary N) is 1. The lowest BCUT2D eigenvalue weighted by atomic mass is 10.1. The number of methoxy groups -OCH3 is 2. The third-order valence-electron chi connectivity index (χ3n) is 5.81. The number of aryl methyl sites for hydroxylation is 4. The minimum Gasteiger partial charge on any atom is -0.493 e. The molecule has 0 aromatic heterocycles. The fourth-order valence-corrected chi connectivity index (χ4v) is 5.93. The summed E-state index contributed by atoms with van der Waals surface area (Å²) >= 11 is 0. The standard InChI is InChI=1S/C28H33N3O5S/c1-19-7-9-23(10-8-19)17-31(37(33,34)28-21(3)13-20(2)14-22(28)4)18-27(32)30-29-16-24-11-12-25(35-5)26(15-24)36-6/h7-16H,17-18H2,1-6H3,(H,30,32)/b29-16+. The minimum atomic E-state index is -3.99. The number of hydrazone groups is 1. The van der Waals surface area contributed by atoms with Crippen LogP contribution in [0.2, 0.25) is 0 Å². The Balaban J connectivity index is 1.85. The number of nitrogens with zero attached hydrogens (tertiary/aromatic N) is 2. The Morgan fingerprint density at radius 2 is 1.51 bits per heavy atom. The van der Waals surface area contributed by atoms with Crippen molar-refractivity contribution in [2.45, 2.75) is 39.1 Å². The maximum atomic E-state index is 13.8. The maximum Gasteiger partial charge on any atom is 0.255 e. The zero-order chi connectivity index (χ0) is 27.2. The van der Waals surface area contributed by atoms with E-state index in [1.165, 1.54) is 17.6 Å². The van der Waals surface area contributed by atoms with Crippen molar-refractivity contribution in [2.24, 2.45) is 5.10 Å². The van der Waals surface area contributed by atoms with Gasteiger partial charge in [-0.15, -0.1) is 0 Å². The quantitative estimate of drug-likeness (QED) is 0.316. The molecule has 3 aromatic rings. The van der Waals surface area contributed by atoms with Crippen LogP contribution < -0.4 is 14.9 Å². The van der Waals surface area contributed by atoms with Gasteiger partial charge in [0.1, 0.15) is 0 Å². The molecule has 1 N–H and O–H groups in total. The Bertz CT molecular complexity index is 1380. The summed E-state index contributed by atoms with van der Waals surface area (Å²) in [5, 5.41) is 4.00. The molecule has 0 fully saturated rings. The Morgan fingerprint density at radius 3 is 2.11 bits per heavy atom. The van der Waals surface area contributed by atoms with Crippen LogP contribution in [0.5, 0.6) is 11.5 Å². The van der Waals surface area contributed by atoms with E-state index in [0.29, 0.717) is 28.2 Å². The number of benzene rings is 3. The molecule has 0 aliphatic rings. The second kappa shape index (κ2) is 12.0. The highest BCUT2D eigenvalue weighted by Crippen LogP contribution is 2.28. The van der Waals surface area contributed by atoms with Gasteiger partial charge in [0.25, 0.3) is 5.91 Å². The van der Waals surface area contributed by atoms with Gasteiger partial charge in [-0.2, -0.15) is 9.41 Å². The fourth-order valence-electron chi connectivity index (χ4n) is 4.13. The second-order valence-electron chi connectivity index (χ2n) is 8.89. The van der Waals surface area contributed by atoms with Crippen LogP contribution in [0.3, 0.4) is 0 Å². The van der Waals surface area contributed by atoms with Gasteiger partial charge in [0.2, 0.25) is 10.0 Å². The molecule has 0 spiro atoms. The molecule has 0 bridgehead atoms. The van der Waals surface area contributed by atoms with Crippen molar-refractivity contribution in [1.29, 1.82) is 0 Å². The Kier molecular flexibility index (Phi) is 9.07. The first-order valence-corrected chi connectivity index (χ1v) is 13.2. The van der Waals surface area contributed by atoms with Crippen molar-refractivity contribution in [3.05, 3.63) is 88.0 Å². The lowest BCUT2D eigenvalue weighted by molar-refractivity contribution is -0.121. The molecule has 0 saturated carbocycles. The lowest BCUT2D eigenvalue weighted by Gasteiger charge is -2.24. The molecule has 3 aromatic carbocycles. The van der Waals surface area contributed by atoms with Gasteiger partial charge in [0.15, 0.2) is 11.5 Å². The van der Waals surface area contributed by atoms with Crippen LogP contribution in [0.1, 0.15) is 33.4 Å². The van der Waals surface area contributed by atoms with Gasteiger partial charge in [-0.05, 0) is 68.1 Å². The molecule has 0 heterocycles. The largest absolute Gasteiger partial charge is 0.493 e. The van der Waals surface area contributed by atoms with Crippen LogP contribution in [0.25, 0.3) is 0 Å². The topological polar surface area (TPSA) is 97.3 Å². The second-order valence-corrected chi connectivity index (χ2v) is 10.8. The first kappa shape index (κ1) is 27.9. The van der Waals surface area contributed by atoms with E-state index >= 15 is 0 Å². The first-order valence-electron chi connectivity index (χ1n) is 11.7. The van der Waals surface area contributed by atoms with E-state index < -0.39 is 22.5 Å². The zero-order valence-corrected chi connectivity index (χ0v) is 22.8. The van der Waals surface area contributed by atoms with Crippen molar-refractivity contribution in [3.8, 4) is 11.5 Å². The molecule has 0 radical (unpaired) electrons. The molecular formula is C28H33N3O5S. The number of carbonyl (C=O) groups excluding carboxylic acids is 1. The third-order valence-corrected chi connectivity index (χ3v) is 7.91. The monoisotopic (exact) mass is 523 g/mol. The van der Waals surface area contributed by atoms with Gasteiger partial charge in [0.05, 0.1) is 31.9 Å². The van der Waals surface area contributed by atoms with Crippen molar-refractivity contribution in [2.75, 3.05) is 20.8 Å². The van der Waals surface area contributed by atoms with Crippen LogP contribution in [0, 0.1) is 27.7 Å². The highest BCUT2D eigenvalue weighted by Gasteiger charge is 2.30.